The number of sulfonamides is 1. The average Bonchev–Trinajstić information content (AvgIpc) is 2.71. The molecule has 0 unspecified atom stereocenters. The van der Waals surface area contributed by atoms with Gasteiger partial charge in [0.25, 0.3) is 10.0 Å². The number of hydrogen-bond donors (Lipinski definition) is 2. The molecule has 0 saturated carbocycles. The lowest BCUT2D eigenvalue weighted by atomic mass is 9.91. The third kappa shape index (κ3) is 4.27. The van der Waals surface area contributed by atoms with E-state index in [1.165, 1.54) is 18.2 Å². The molecule has 6 nitrogen and oxygen atoms in total. The number of benzene rings is 2. The Bertz CT molecular complexity index is 1290. The highest BCUT2D eigenvalue weighted by Gasteiger charge is 2.32. The van der Waals surface area contributed by atoms with E-state index in [9.17, 15) is 17.2 Å². The van der Waals surface area contributed by atoms with Crippen molar-refractivity contribution in [3.8, 4) is 0 Å². The first-order valence-electron chi connectivity index (χ1n) is 9.58. The molecule has 2 heterocycles. The van der Waals surface area contributed by atoms with Gasteiger partial charge in [-0.25, -0.2) is 26.9 Å². The predicted molar refractivity (Wildman–Crippen MR) is 114 cm³/mol. The summed E-state index contributed by atoms with van der Waals surface area (Å²) < 4.78 is 56.3. The summed E-state index contributed by atoms with van der Waals surface area (Å²) in [7, 11) is -3.96. The summed E-state index contributed by atoms with van der Waals surface area (Å²) in [5.41, 5.74) is 2.50. The van der Waals surface area contributed by atoms with Gasteiger partial charge in [0.05, 0.1) is 12.2 Å². The van der Waals surface area contributed by atoms with Crippen LogP contribution in [0.4, 0.5) is 14.5 Å². The van der Waals surface area contributed by atoms with E-state index in [-0.39, 0.29) is 28.7 Å². The molecular weight excluding hydrogens is 422 g/mol. The number of pyridine rings is 1. The van der Waals surface area contributed by atoms with Gasteiger partial charge < -0.3 is 5.32 Å². The Morgan fingerprint density at radius 2 is 1.94 bits per heavy atom. The second kappa shape index (κ2) is 8.07. The molecule has 0 saturated heterocycles. The Morgan fingerprint density at radius 3 is 2.68 bits per heavy atom. The minimum atomic E-state index is -3.96. The molecule has 1 aliphatic heterocycles. The van der Waals surface area contributed by atoms with Gasteiger partial charge in [-0.15, -0.1) is 0 Å². The van der Waals surface area contributed by atoms with Crippen LogP contribution in [-0.4, -0.2) is 19.4 Å². The van der Waals surface area contributed by atoms with Crippen LogP contribution in [0.3, 0.4) is 0 Å². The highest BCUT2D eigenvalue weighted by Crippen LogP contribution is 2.38. The average molecular weight is 442 g/mol. The fourth-order valence-electron chi connectivity index (χ4n) is 3.56. The Kier molecular flexibility index (Phi) is 5.45. The quantitative estimate of drug-likeness (QED) is 0.638. The lowest BCUT2D eigenvalue weighted by Gasteiger charge is -2.26. The van der Waals surface area contributed by atoms with Gasteiger partial charge in [-0.1, -0.05) is 19.1 Å². The lowest BCUT2D eigenvalue weighted by molar-refractivity contribution is 0.586. The van der Waals surface area contributed by atoms with Crippen LogP contribution in [-0.2, 0) is 16.6 Å². The molecule has 2 aromatic carbocycles. The number of nitrogens with one attached hydrogen (secondary N) is 2. The molecule has 0 aliphatic carbocycles. The fraction of sp³-hybridized carbons (Fsp3) is 0.182. The maximum atomic E-state index is 14.9. The smallest absolute Gasteiger partial charge is 0.266 e. The lowest BCUT2D eigenvalue weighted by Crippen LogP contribution is -2.41. The van der Waals surface area contributed by atoms with Crippen molar-refractivity contribution in [3.05, 3.63) is 88.7 Å². The predicted octanol–water partition coefficient (Wildman–Crippen LogP) is 4.08. The van der Waals surface area contributed by atoms with E-state index in [1.54, 1.807) is 31.3 Å². The SMILES string of the molecule is Cc1cc([C@@H](C)c2c(F)ccc3c2NC(=NCc2cccc(F)c2)NS3(=O)=O)ccn1. The summed E-state index contributed by atoms with van der Waals surface area (Å²) in [6, 6.07) is 11.8. The van der Waals surface area contributed by atoms with Crippen molar-refractivity contribution in [1.82, 2.24) is 9.71 Å². The molecule has 0 bridgehead atoms. The largest absolute Gasteiger partial charge is 0.324 e. The summed E-state index contributed by atoms with van der Waals surface area (Å²) in [5.74, 6) is -1.44. The second-order valence-electron chi connectivity index (χ2n) is 7.31. The number of rotatable bonds is 4. The third-order valence-electron chi connectivity index (χ3n) is 5.08. The summed E-state index contributed by atoms with van der Waals surface area (Å²) in [6.07, 6.45) is 1.63. The molecule has 0 fully saturated rings. The topological polar surface area (TPSA) is 83.5 Å². The number of halogens is 2. The van der Waals surface area contributed by atoms with E-state index < -0.39 is 27.6 Å². The van der Waals surface area contributed by atoms with Crippen LogP contribution in [0.2, 0.25) is 0 Å². The van der Waals surface area contributed by atoms with Crippen LogP contribution in [0.25, 0.3) is 0 Å². The first kappa shape index (κ1) is 20.9. The number of aliphatic imine (C=N–C) groups is 1. The van der Waals surface area contributed by atoms with Gasteiger partial charge in [-0.05, 0) is 54.4 Å². The fourth-order valence-corrected chi connectivity index (χ4v) is 4.71. The Balaban J connectivity index is 1.76. The summed E-state index contributed by atoms with van der Waals surface area (Å²) in [5, 5.41) is 2.92. The number of guanidine groups is 1. The first-order chi connectivity index (χ1) is 14.7. The van der Waals surface area contributed by atoms with E-state index in [2.05, 4.69) is 20.0 Å². The highest BCUT2D eigenvalue weighted by molar-refractivity contribution is 7.90. The third-order valence-corrected chi connectivity index (χ3v) is 6.46. The zero-order valence-electron chi connectivity index (χ0n) is 16.9. The Hall–Kier alpha value is -3.33. The summed E-state index contributed by atoms with van der Waals surface area (Å²) in [6.45, 7) is 3.67. The molecular formula is C22H20F2N4O2S. The van der Waals surface area contributed by atoms with Crippen LogP contribution in [0.1, 0.15) is 35.2 Å². The normalized spacial score (nSPS) is 16.8. The zero-order chi connectivity index (χ0) is 22.2. The number of aryl methyl sites for hydroxylation is 1. The number of aromatic nitrogens is 1. The zero-order valence-corrected chi connectivity index (χ0v) is 17.7. The number of hydrogen-bond acceptors (Lipinski definition) is 4. The van der Waals surface area contributed by atoms with Crippen LogP contribution in [0.5, 0.6) is 0 Å². The Morgan fingerprint density at radius 1 is 1.13 bits per heavy atom. The van der Waals surface area contributed by atoms with Crippen molar-refractivity contribution >= 4 is 21.7 Å². The van der Waals surface area contributed by atoms with Crippen molar-refractivity contribution in [2.75, 3.05) is 5.32 Å². The van der Waals surface area contributed by atoms with Crippen LogP contribution < -0.4 is 10.0 Å². The number of anilines is 1. The molecule has 0 spiro atoms. The molecule has 31 heavy (non-hydrogen) atoms. The molecule has 160 valence electrons. The molecule has 0 radical (unpaired) electrons. The minimum absolute atomic E-state index is 0.0434. The van der Waals surface area contributed by atoms with Gasteiger partial charge >= 0.3 is 0 Å². The molecule has 1 aromatic heterocycles. The number of fused-ring (bicyclic) bond motifs is 1. The van der Waals surface area contributed by atoms with Crippen molar-refractivity contribution in [2.45, 2.75) is 31.2 Å². The maximum Gasteiger partial charge on any atom is 0.266 e. The standard InChI is InChI=1S/C22H20F2N4O2S/c1-13-10-16(8-9-25-13)14(2)20-18(24)6-7-19-21(20)27-22(28-31(19,29)30)26-12-15-4-3-5-17(23)11-15/h3-11,14H,12H2,1-2H3,(H2,26,27,28)/t14-/m1/s1. The van der Waals surface area contributed by atoms with Gasteiger partial charge in [0.1, 0.15) is 16.5 Å². The van der Waals surface area contributed by atoms with E-state index in [4.69, 9.17) is 0 Å². The van der Waals surface area contributed by atoms with Gasteiger partial charge in [-0.2, -0.15) is 0 Å². The molecule has 1 aliphatic rings. The number of nitrogens with zero attached hydrogens (tertiary/aromatic N) is 2. The van der Waals surface area contributed by atoms with Crippen LogP contribution in [0, 0.1) is 18.6 Å². The Labute approximate surface area is 179 Å². The van der Waals surface area contributed by atoms with Crippen molar-refractivity contribution in [2.24, 2.45) is 4.99 Å². The molecule has 1 atom stereocenters. The molecule has 0 amide bonds. The molecule has 9 heteroatoms. The summed E-state index contributed by atoms with van der Waals surface area (Å²) >= 11 is 0. The van der Waals surface area contributed by atoms with E-state index in [0.29, 0.717) is 5.56 Å². The van der Waals surface area contributed by atoms with Crippen LogP contribution in [0.15, 0.2) is 64.6 Å². The molecule has 2 N–H and O–H groups in total. The molecule has 4 rings (SSSR count). The van der Waals surface area contributed by atoms with Gasteiger partial charge in [0.15, 0.2) is 0 Å². The van der Waals surface area contributed by atoms with Gasteiger partial charge in [-0.3, -0.25) is 4.98 Å². The second-order valence-corrected chi connectivity index (χ2v) is 8.96. The van der Waals surface area contributed by atoms with Gasteiger partial charge in [0.2, 0.25) is 5.96 Å². The molecule has 3 aromatic rings. The monoisotopic (exact) mass is 442 g/mol. The van der Waals surface area contributed by atoms with Crippen molar-refractivity contribution in [1.29, 1.82) is 0 Å². The van der Waals surface area contributed by atoms with E-state index in [0.717, 1.165) is 17.3 Å². The minimum Gasteiger partial charge on any atom is -0.324 e. The van der Waals surface area contributed by atoms with Crippen molar-refractivity contribution in [3.63, 3.8) is 0 Å². The van der Waals surface area contributed by atoms with Gasteiger partial charge in [0, 0.05) is 23.4 Å². The summed E-state index contributed by atoms with van der Waals surface area (Å²) in [4.78, 5) is 8.32. The van der Waals surface area contributed by atoms with Crippen LogP contribution >= 0.6 is 0 Å². The van der Waals surface area contributed by atoms with E-state index in [1.807, 2.05) is 13.0 Å². The first-order valence-corrected chi connectivity index (χ1v) is 11.1. The maximum absolute atomic E-state index is 14.9. The van der Waals surface area contributed by atoms with E-state index >= 15 is 0 Å². The van der Waals surface area contributed by atoms with Crippen molar-refractivity contribution < 1.29 is 17.2 Å². The highest BCUT2D eigenvalue weighted by atomic mass is 32.2.